The van der Waals surface area contributed by atoms with Gasteiger partial charge in [-0.3, -0.25) is 4.79 Å². The summed E-state index contributed by atoms with van der Waals surface area (Å²) < 4.78 is 26.0. The highest BCUT2D eigenvalue weighted by atomic mass is 35.5. The van der Waals surface area contributed by atoms with Crippen LogP contribution in [0.2, 0.25) is 4.34 Å². The van der Waals surface area contributed by atoms with Crippen LogP contribution in [-0.2, 0) is 14.8 Å². The fourth-order valence-corrected chi connectivity index (χ4v) is 4.65. The third-order valence-corrected chi connectivity index (χ3v) is 6.12. The van der Waals surface area contributed by atoms with E-state index in [2.05, 4.69) is 0 Å². The maximum atomic E-state index is 12.3. The lowest BCUT2D eigenvalue weighted by Gasteiger charge is -2.18. The zero-order chi connectivity index (χ0) is 13.3. The quantitative estimate of drug-likeness (QED) is 0.870. The molecule has 100 valence electrons. The molecular formula is C10H12ClNO4S2. The molecule has 0 unspecified atom stereocenters. The Bertz CT molecular complexity index is 550. The van der Waals surface area contributed by atoms with E-state index in [1.807, 2.05) is 0 Å². The molecule has 1 N–H and O–H groups in total. The zero-order valence-electron chi connectivity index (χ0n) is 9.37. The molecule has 8 heteroatoms. The topological polar surface area (TPSA) is 74.7 Å². The Kier molecular flexibility index (Phi) is 3.96. The second-order valence-corrected chi connectivity index (χ2v) is 8.07. The summed E-state index contributed by atoms with van der Waals surface area (Å²) in [6.45, 7) is -0.238. The standard InChI is InChI=1S/C10H12ClNO4S2/c11-8-3-4-10(17-8)18(15,16)12(6-9(13)14)5-7-1-2-7/h3-4,7H,1-2,5-6H2,(H,13,14). The Labute approximate surface area is 114 Å². The molecule has 1 aliphatic carbocycles. The Morgan fingerprint density at radius 1 is 1.50 bits per heavy atom. The van der Waals surface area contributed by atoms with Gasteiger partial charge in [0, 0.05) is 6.54 Å². The number of rotatable bonds is 6. The van der Waals surface area contributed by atoms with Crippen LogP contribution < -0.4 is 0 Å². The van der Waals surface area contributed by atoms with Crippen molar-refractivity contribution in [2.45, 2.75) is 17.1 Å². The second kappa shape index (κ2) is 5.16. The van der Waals surface area contributed by atoms with Gasteiger partial charge in [-0.15, -0.1) is 11.3 Å². The number of halogens is 1. The smallest absolute Gasteiger partial charge is 0.318 e. The van der Waals surface area contributed by atoms with E-state index in [9.17, 15) is 13.2 Å². The van der Waals surface area contributed by atoms with Crippen LogP contribution in [0.25, 0.3) is 0 Å². The molecule has 0 aromatic carbocycles. The largest absolute Gasteiger partial charge is 0.480 e. The average Bonchev–Trinajstić information content (AvgIpc) is 2.96. The zero-order valence-corrected chi connectivity index (χ0v) is 11.8. The van der Waals surface area contributed by atoms with Crippen LogP contribution in [-0.4, -0.2) is 36.9 Å². The number of nitrogens with zero attached hydrogens (tertiary/aromatic N) is 1. The average molecular weight is 310 g/mol. The molecular weight excluding hydrogens is 298 g/mol. The predicted molar refractivity (Wildman–Crippen MR) is 68.4 cm³/mol. The summed E-state index contributed by atoms with van der Waals surface area (Å²) in [5.41, 5.74) is 0. The molecule has 18 heavy (non-hydrogen) atoms. The molecule has 0 radical (unpaired) electrons. The Balaban J connectivity index is 2.24. The first-order valence-corrected chi connectivity index (χ1v) is 8.00. The molecule has 0 saturated heterocycles. The van der Waals surface area contributed by atoms with Gasteiger partial charge >= 0.3 is 5.97 Å². The number of thiophene rings is 1. The normalized spacial score (nSPS) is 16.1. The monoisotopic (exact) mass is 309 g/mol. The first-order valence-electron chi connectivity index (χ1n) is 5.37. The summed E-state index contributed by atoms with van der Waals surface area (Å²) in [7, 11) is -3.74. The van der Waals surface area contributed by atoms with Crippen molar-refractivity contribution in [2.75, 3.05) is 13.1 Å². The lowest BCUT2D eigenvalue weighted by atomic mass is 10.4. The van der Waals surface area contributed by atoms with E-state index in [0.29, 0.717) is 4.34 Å². The molecule has 0 atom stereocenters. The van der Waals surface area contributed by atoms with E-state index in [4.69, 9.17) is 16.7 Å². The van der Waals surface area contributed by atoms with Crippen LogP contribution in [0.1, 0.15) is 12.8 Å². The van der Waals surface area contributed by atoms with Gasteiger partial charge < -0.3 is 5.11 Å². The molecule has 0 bridgehead atoms. The molecule has 0 amide bonds. The molecule has 1 saturated carbocycles. The van der Waals surface area contributed by atoms with Gasteiger partial charge in [-0.1, -0.05) is 11.6 Å². The fourth-order valence-electron chi connectivity index (χ4n) is 1.55. The number of sulfonamides is 1. The highest BCUT2D eigenvalue weighted by Gasteiger charge is 2.33. The van der Waals surface area contributed by atoms with Crippen molar-refractivity contribution in [3.63, 3.8) is 0 Å². The molecule has 1 aliphatic rings. The van der Waals surface area contributed by atoms with Gasteiger partial charge in [0.15, 0.2) is 0 Å². The first kappa shape index (κ1) is 13.8. The first-order chi connectivity index (χ1) is 8.39. The maximum absolute atomic E-state index is 12.3. The Hall–Kier alpha value is -0.630. The third kappa shape index (κ3) is 3.23. The Morgan fingerprint density at radius 2 is 2.17 bits per heavy atom. The Morgan fingerprint density at radius 3 is 2.61 bits per heavy atom. The minimum Gasteiger partial charge on any atom is -0.480 e. The summed E-state index contributed by atoms with van der Waals surface area (Å²) in [5, 5.41) is 8.80. The van der Waals surface area contributed by atoms with Crippen LogP contribution >= 0.6 is 22.9 Å². The van der Waals surface area contributed by atoms with E-state index >= 15 is 0 Å². The van der Waals surface area contributed by atoms with Crippen molar-refractivity contribution in [2.24, 2.45) is 5.92 Å². The minimum atomic E-state index is -3.74. The number of carboxylic acids is 1. The van der Waals surface area contributed by atoms with E-state index in [1.54, 1.807) is 0 Å². The third-order valence-electron chi connectivity index (χ3n) is 2.61. The summed E-state index contributed by atoms with van der Waals surface area (Å²) in [6.07, 6.45) is 1.91. The lowest BCUT2D eigenvalue weighted by molar-refractivity contribution is -0.137. The van der Waals surface area contributed by atoms with Crippen LogP contribution in [0.3, 0.4) is 0 Å². The van der Waals surface area contributed by atoms with Crippen molar-refractivity contribution in [1.29, 1.82) is 0 Å². The fraction of sp³-hybridized carbons (Fsp3) is 0.500. The molecule has 0 spiro atoms. The molecule has 1 aromatic rings. The SMILES string of the molecule is O=C(O)CN(CC1CC1)S(=O)(=O)c1ccc(Cl)s1. The highest BCUT2D eigenvalue weighted by molar-refractivity contribution is 7.91. The van der Waals surface area contributed by atoms with Crippen molar-refractivity contribution in [1.82, 2.24) is 4.31 Å². The second-order valence-electron chi connectivity index (χ2n) is 4.19. The highest BCUT2D eigenvalue weighted by Crippen LogP contribution is 2.33. The van der Waals surface area contributed by atoms with Gasteiger partial charge in [-0.05, 0) is 30.9 Å². The van der Waals surface area contributed by atoms with Gasteiger partial charge in [0.2, 0.25) is 0 Å². The van der Waals surface area contributed by atoms with Crippen LogP contribution in [0.15, 0.2) is 16.3 Å². The van der Waals surface area contributed by atoms with Gasteiger partial charge in [0.05, 0.1) is 4.34 Å². The molecule has 1 aromatic heterocycles. The molecule has 1 fully saturated rings. The van der Waals surface area contributed by atoms with Gasteiger partial charge in [-0.25, -0.2) is 8.42 Å². The van der Waals surface area contributed by atoms with E-state index in [1.165, 1.54) is 12.1 Å². The van der Waals surface area contributed by atoms with Crippen molar-refractivity contribution < 1.29 is 18.3 Å². The van der Waals surface area contributed by atoms with E-state index < -0.39 is 22.5 Å². The molecule has 5 nitrogen and oxygen atoms in total. The van der Waals surface area contributed by atoms with Crippen LogP contribution in [0.5, 0.6) is 0 Å². The molecule has 0 aliphatic heterocycles. The van der Waals surface area contributed by atoms with Crippen molar-refractivity contribution in [3.8, 4) is 0 Å². The number of hydrogen-bond donors (Lipinski definition) is 1. The summed E-state index contributed by atoms with van der Waals surface area (Å²) >= 11 is 6.65. The van der Waals surface area contributed by atoms with Gasteiger partial charge in [-0.2, -0.15) is 4.31 Å². The van der Waals surface area contributed by atoms with Crippen molar-refractivity contribution >= 4 is 38.9 Å². The summed E-state index contributed by atoms with van der Waals surface area (Å²) in [6, 6.07) is 2.90. The predicted octanol–water partition coefficient (Wildman–Crippen LogP) is 1.89. The van der Waals surface area contributed by atoms with Gasteiger partial charge in [0.1, 0.15) is 10.8 Å². The maximum Gasteiger partial charge on any atom is 0.318 e. The lowest BCUT2D eigenvalue weighted by Crippen LogP contribution is -2.36. The summed E-state index contributed by atoms with van der Waals surface area (Å²) in [4.78, 5) is 10.8. The molecule has 1 heterocycles. The van der Waals surface area contributed by atoms with Crippen LogP contribution in [0.4, 0.5) is 0 Å². The van der Waals surface area contributed by atoms with E-state index in [-0.39, 0.29) is 16.7 Å². The number of hydrogen-bond acceptors (Lipinski definition) is 4. The minimum absolute atomic E-state index is 0.0920. The van der Waals surface area contributed by atoms with E-state index in [0.717, 1.165) is 28.5 Å². The van der Waals surface area contributed by atoms with Crippen LogP contribution in [0, 0.1) is 5.92 Å². The molecule has 2 rings (SSSR count). The van der Waals surface area contributed by atoms with Gasteiger partial charge in [0.25, 0.3) is 10.0 Å². The number of carbonyl (C=O) groups is 1. The summed E-state index contributed by atoms with van der Waals surface area (Å²) in [5.74, 6) is -0.864. The number of aliphatic carboxylic acids is 1. The van der Waals surface area contributed by atoms with Crippen molar-refractivity contribution in [3.05, 3.63) is 16.5 Å². The number of carboxylic acid groups (broad SMARTS) is 1.